The Labute approximate surface area is 263 Å². The number of carbonyl (C=O) groups excluding carboxylic acids is 6. The molecule has 0 aromatic heterocycles. The SMILES string of the molecule is CC(C)(C)[NH-].CC(C)(C)[NH-].CC(C)(C)[NH-].[NH-]C=O.[NH-]C=O.[NH-]C=O.[NH-]C=O.[NH-]C=O.[NH-]C=O.[Nb+3].[Nb+3].[Nb+3]. The Balaban J connectivity index is -0.0000000180. The van der Waals surface area contributed by atoms with E-state index in [4.69, 9.17) is 80.4 Å². The van der Waals surface area contributed by atoms with E-state index < -0.39 is 0 Å². The van der Waals surface area contributed by atoms with E-state index in [1.54, 1.807) is 0 Å². The van der Waals surface area contributed by atoms with Crippen LogP contribution in [0.2, 0.25) is 0 Å². The molecule has 0 bridgehead atoms. The molecule has 0 aliphatic carbocycles. The average Bonchev–Trinajstić information content (AvgIpc) is 2.46. The Morgan fingerprint density at radius 1 is 0.333 bits per heavy atom. The second-order valence-corrected chi connectivity index (χ2v) is 7.46. The maximum atomic E-state index is 8.47. The zero-order valence-corrected chi connectivity index (χ0v) is 28.9. The minimum Gasteiger partial charge on any atom is -0.673 e. The van der Waals surface area contributed by atoms with Gasteiger partial charge in [-0.2, -0.15) is 0 Å². The second-order valence-electron chi connectivity index (χ2n) is 7.46. The number of nitrogens with one attached hydrogen (secondary N) is 9. The van der Waals surface area contributed by atoms with Gasteiger partial charge in [-0.3, -0.25) is 0 Å². The van der Waals surface area contributed by atoms with Crippen LogP contribution in [0, 0.1) is 0 Å². The van der Waals surface area contributed by atoms with Crippen LogP contribution in [0.1, 0.15) is 62.3 Å². The summed E-state index contributed by atoms with van der Waals surface area (Å²) < 4.78 is 0. The summed E-state index contributed by atoms with van der Waals surface area (Å²) >= 11 is 0. The van der Waals surface area contributed by atoms with Gasteiger partial charge in [0, 0.05) is 38.5 Å². The molecule has 0 aliphatic heterocycles. The van der Waals surface area contributed by atoms with Crippen molar-refractivity contribution in [2.45, 2.75) is 78.9 Å². The molecular formula is C18H42N9Nb3O6. The van der Waals surface area contributed by atoms with Crippen LogP contribution in [0.3, 0.4) is 0 Å². The van der Waals surface area contributed by atoms with E-state index in [9.17, 15) is 0 Å². The fourth-order valence-corrected chi connectivity index (χ4v) is 0. The largest absolute Gasteiger partial charge is 3.00 e. The van der Waals surface area contributed by atoms with E-state index in [0.29, 0.717) is 0 Å². The fourth-order valence-electron chi connectivity index (χ4n) is 0. The molecule has 0 aromatic carbocycles. The summed E-state index contributed by atoms with van der Waals surface area (Å²) in [5.74, 6) is 0. The van der Waals surface area contributed by atoms with E-state index in [0.717, 1.165) is 0 Å². The quantitative estimate of drug-likeness (QED) is 0.191. The van der Waals surface area contributed by atoms with Gasteiger partial charge in [0.05, 0.1) is 0 Å². The number of amides is 6. The topological polar surface area (TPSA) is 317 Å². The molecule has 0 radical (unpaired) electrons. The van der Waals surface area contributed by atoms with Crippen LogP contribution in [-0.4, -0.2) is 55.1 Å². The van der Waals surface area contributed by atoms with Crippen molar-refractivity contribution >= 4 is 38.5 Å². The molecule has 9 N–H and O–H groups in total. The van der Waals surface area contributed by atoms with Crippen LogP contribution in [0.5, 0.6) is 0 Å². The van der Waals surface area contributed by atoms with Crippen molar-refractivity contribution in [2.24, 2.45) is 0 Å². The van der Waals surface area contributed by atoms with Gasteiger partial charge in [-0.1, -0.05) is 62.3 Å². The monoisotopic (exact) mass is 759 g/mol. The van der Waals surface area contributed by atoms with Crippen molar-refractivity contribution in [2.75, 3.05) is 0 Å². The summed E-state index contributed by atoms with van der Waals surface area (Å²) in [5.41, 5.74) is 53.2. The van der Waals surface area contributed by atoms with Crippen LogP contribution in [0.25, 0.3) is 51.6 Å². The van der Waals surface area contributed by atoms with E-state index in [1.165, 1.54) is 0 Å². The molecule has 0 unspecified atom stereocenters. The Hall–Kier alpha value is -1.08. The molecule has 0 saturated heterocycles. The van der Waals surface area contributed by atoms with E-state index in [2.05, 4.69) is 0 Å². The van der Waals surface area contributed by atoms with Gasteiger partial charge in [-0.25, -0.2) is 0 Å². The smallest absolute Gasteiger partial charge is 0.673 e. The first-order chi connectivity index (χ1) is 14.5. The van der Waals surface area contributed by atoms with Crippen molar-refractivity contribution in [3.05, 3.63) is 51.6 Å². The van der Waals surface area contributed by atoms with Gasteiger partial charge < -0.3 is 80.4 Å². The molecule has 0 spiro atoms. The van der Waals surface area contributed by atoms with E-state index in [1.807, 2.05) is 62.3 Å². The number of hydrogen-bond acceptors (Lipinski definition) is 6. The Morgan fingerprint density at radius 2 is 0.333 bits per heavy atom. The fraction of sp³-hybridized carbons (Fsp3) is 0.667. The summed E-state index contributed by atoms with van der Waals surface area (Å²) in [4.78, 5) is 50.8. The van der Waals surface area contributed by atoms with Crippen molar-refractivity contribution in [3.63, 3.8) is 0 Å². The van der Waals surface area contributed by atoms with Gasteiger partial charge >= 0.3 is 67.1 Å². The maximum Gasteiger partial charge on any atom is 3.00 e. The van der Waals surface area contributed by atoms with Gasteiger partial charge in [-0.05, 0) is 0 Å². The molecule has 0 atom stereocenters. The van der Waals surface area contributed by atoms with Gasteiger partial charge in [0.15, 0.2) is 0 Å². The Kier molecular flexibility index (Phi) is 149. The van der Waals surface area contributed by atoms with Crippen molar-refractivity contribution in [1.82, 2.24) is 0 Å². The molecule has 210 valence electrons. The first-order valence-electron chi connectivity index (χ1n) is 8.40. The molecule has 0 aliphatic rings. The van der Waals surface area contributed by atoms with Gasteiger partial charge in [0.25, 0.3) is 0 Å². The zero-order valence-electron chi connectivity index (χ0n) is 22.3. The maximum absolute atomic E-state index is 8.47. The third-order valence-electron chi connectivity index (χ3n) is 0. The minimum absolute atomic E-state index is 0. The Bertz CT molecular complexity index is 301. The number of rotatable bonds is 0. The molecule has 0 fully saturated rings. The van der Waals surface area contributed by atoms with Crippen molar-refractivity contribution in [3.8, 4) is 0 Å². The van der Waals surface area contributed by atoms with Crippen LogP contribution in [-0.2, 0) is 95.9 Å². The number of hydrogen-bond donors (Lipinski definition) is 0. The molecule has 6 amide bonds. The third kappa shape index (κ3) is 28800. The molecule has 0 rings (SSSR count). The number of carbonyl (C=O) groups is 6. The summed E-state index contributed by atoms with van der Waals surface area (Å²) in [5, 5.41) is 0. The van der Waals surface area contributed by atoms with Crippen LogP contribution in [0.4, 0.5) is 0 Å². The van der Waals surface area contributed by atoms with Crippen LogP contribution in [0.15, 0.2) is 0 Å². The van der Waals surface area contributed by atoms with E-state index in [-0.39, 0.29) is 122 Å². The van der Waals surface area contributed by atoms with Crippen LogP contribution >= 0.6 is 0 Å². The average molecular weight is 759 g/mol. The standard InChI is InChI=1S/3C4H10N.6CH3NO.3Nb/c3*1-4(2,3)5;6*2-1-3;;;/h3*5H,1-3H3;6*1H,(H2,2,3);;;/q3*-1;;;;;;;3*+3/p-6. The molecule has 0 aromatic rings. The first kappa shape index (κ1) is 76.5. The molecule has 0 heterocycles. The predicted octanol–water partition coefficient (Wildman–Crippen LogP) is 6.67. The summed E-state index contributed by atoms with van der Waals surface area (Å²) in [6.45, 7) is 16.7. The summed E-state index contributed by atoms with van der Waals surface area (Å²) in [6.07, 6.45) is 0. The normalized spacial score (nSPS) is 7.00. The van der Waals surface area contributed by atoms with Crippen molar-refractivity contribution in [1.29, 1.82) is 0 Å². The molecule has 15 nitrogen and oxygen atoms in total. The van der Waals surface area contributed by atoms with Gasteiger partial charge in [-0.15, -0.1) is 16.6 Å². The molecular weight excluding hydrogens is 717 g/mol. The minimum atomic E-state index is -0.250. The Morgan fingerprint density at radius 3 is 0.333 bits per heavy atom. The van der Waals surface area contributed by atoms with Gasteiger partial charge in [0.2, 0.25) is 0 Å². The van der Waals surface area contributed by atoms with Gasteiger partial charge in [0.1, 0.15) is 0 Å². The van der Waals surface area contributed by atoms with Crippen LogP contribution < -0.4 is 0 Å². The summed E-state index contributed by atoms with van der Waals surface area (Å²) in [6, 6.07) is 0. The molecule has 18 heteroatoms. The summed E-state index contributed by atoms with van der Waals surface area (Å²) in [7, 11) is 0. The van der Waals surface area contributed by atoms with Crippen molar-refractivity contribution < 1.29 is 95.9 Å². The zero-order chi connectivity index (χ0) is 29.7. The first-order valence-corrected chi connectivity index (χ1v) is 8.40. The van der Waals surface area contributed by atoms with E-state index >= 15 is 0 Å². The molecule has 0 saturated carbocycles. The second kappa shape index (κ2) is 70.0. The molecule has 36 heavy (non-hydrogen) atoms. The predicted molar refractivity (Wildman–Crippen MR) is 135 cm³/mol. The third-order valence-corrected chi connectivity index (χ3v) is 0.